The van der Waals surface area contributed by atoms with Crippen LogP contribution in [0.5, 0.6) is 0 Å². The second-order valence-corrected chi connectivity index (χ2v) is 4.72. The molecule has 0 atom stereocenters. The van der Waals surface area contributed by atoms with E-state index >= 15 is 0 Å². The van der Waals surface area contributed by atoms with Crippen molar-refractivity contribution in [3.05, 3.63) is 77.9 Å². The predicted molar refractivity (Wildman–Crippen MR) is 89.1 cm³/mol. The summed E-state index contributed by atoms with van der Waals surface area (Å²) in [5.41, 5.74) is 8.30. The number of carbonyl (C=O) groups excluding carboxylic acids is 1. The van der Waals surface area contributed by atoms with Crippen LogP contribution in [0.3, 0.4) is 0 Å². The van der Waals surface area contributed by atoms with Crippen LogP contribution in [-0.2, 0) is 16.0 Å². The lowest BCUT2D eigenvalue weighted by Gasteiger charge is -2.05. The van der Waals surface area contributed by atoms with E-state index < -0.39 is 5.97 Å². The highest BCUT2D eigenvalue weighted by Crippen LogP contribution is 2.11. The molecule has 0 saturated carbocycles. The largest absolute Gasteiger partial charge is 0.462 e. The molecule has 2 N–H and O–H groups in total. The van der Waals surface area contributed by atoms with Gasteiger partial charge in [-0.25, -0.2) is 4.79 Å². The molecule has 118 valence electrons. The summed E-state index contributed by atoms with van der Waals surface area (Å²) in [6, 6.07) is 11.1. The number of nitrogens with two attached hydrogens (primary N) is 1. The van der Waals surface area contributed by atoms with Gasteiger partial charge < -0.3 is 10.5 Å². The highest BCUT2D eigenvalue weighted by Gasteiger charge is 2.10. The first kappa shape index (κ1) is 16.4. The Hall–Kier alpha value is -2.95. The summed E-state index contributed by atoms with van der Waals surface area (Å²) in [5, 5.41) is 0. The van der Waals surface area contributed by atoms with Gasteiger partial charge >= 0.3 is 5.97 Å². The van der Waals surface area contributed by atoms with Crippen LogP contribution in [0.2, 0.25) is 0 Å². The SMILES string of the molecule is CCOC(=O)C(/C=C(\N)c1ccccn1)=C/Cc1ccccn1. The fourth-order valence-electron chi connectivity index (χ4n) is 1.92. The van der Waals surface area contributed by atoms with Crippen LogP contribution >= 0.6 is 0 Å². The molecule has 2 aromatic heterocycles. The molecule has 2 aromatic rings. The van der Waals surface area contributed by atoms with Crippen LogP contribution in [0.1, 0.15) is 18.3 Å². The van der Waals surface area contributed by atoms with Crippen molar-refractivity contribution in [2.75, 3.05) is 6.61 Å². The summed E-state index contributed by atoms with van der Waals surface area (Å²) in [5.74, 6) is -0.415. The molecule has 0 aliphatic rings. The summed E-state index contributed by atoms with van der Waals surface area (Å²) in [7, 11) is 0. The molecule has 0 saturated heterocycles. The van der Waals surface area contributed by atoms with E-state index in [0.717, 1.165) is 5.69 Å². The van der Waals surface area contributed by atoms with Crippen LogP contribution in [-0.4, -0.2) is 22.5 Å². The normalized spacial score (nSPS) is 12.0. The molecule has 0 radical (unpaired) electrons. The van der Waals surface area contributed by atoms with Crippen molar-refractivity contribution in [1.29, 1.82) is 0 Å². The summed E-state index contributed by atoms with van der Waals surface area (Å²) in [6.07, 6.45) is 7.23. The van der Waals surface area contributed by atoms with Gasteiger partial charge in [-0.1, -0.05) is 18.2 Å². The first-order valence-electron chi connectivity index (χ1n) is 7.36. The number of ether oxygens (including phenoxy) is 1. The fraction of sp³-hybridized carbons (Fsp3) is 0.167. The van der Waals surface area contributed by atoms with Crippen molar-refractivity contribution in [2.24, 2.45) is 5.73 Å². The predicted octanol–water partition coefficient (Wildman–Crippen LogP) is 2.51. The van der Waals surface area contributed by atoms with Gasteiger partial charge in [-0.2, -0.15) is 0 Å². The molecular weight excluding hydrogens is 290 g/mol. The zero-order valence-electron chi connectivity index (χ0n) is 13.0. The van der Waals surface area contributed by atoms with Crippen molar-refractivity contribution in [1.82, 2.24) is 9.97 Å². The molecule has 0 bridgehead atoms. The molecule has 0 spiro atoms. The van der Waals surface area contributed by atoms with E-state index in [2.05, 4.69) is 9.97 Å². The minimum atomic E-state index is -0.415. The Morgan fingerprint density at radius 2 is 1.91 bits per heavy atom. The van der Waals surface area contributed by atoms with Gasteiger partial charge in [0.25, 0.3) is 0 Å². The number of aromatic nitrogens is 2. The number of nitrogens with zero attached hydrogens (tertiary/aromatic N) is 2. The summed E-state index contributed by atoms with van der Waals surface area (Å²) in [4.78, 5) is 20.5. The molecule has 5 nitrogen and oxygen atoms in total. The van der Waals surface area contributed by atoms with Crippen LogP contribution in [0, 0.1) is 0 Å². The van der Waals surface area contributed by atoms with Crippen molar-refractivity contribution in [3.63, 3.8) is 0 Å². The van der Waals surface area contributed by atoms with Crippen LogP contribution in [0.15, 0.2) is 66.5 Å². The number of esters is 1. The van der Waals surface area contributed by atoms with Gasteiger partial charge in [0.15, 0.2) is 0 Å². The van der Waals surface area contributed by atoms with Gasteiger partial charge in [-0.05, 0) is 37.3 Å². The maximum absolute atomic E-state index is 12.1. The molecular formula is C18H19N3O2. The number of hydrogen-bond acceptors (Lipinski definition) is 5. The Bertz CT molecular complexity index is 695. The lowest BCUT2D eigenvalue weighted by atomic mass is 10.1. The fourth-order valence-corrected chi connectivity index (χ4v) is 1.92. The Morgan fingerprint density at radius 1 is 1.17 bits per heavy atom. The van der Waals surface area contributed by atoms with E-state index in [4.69, 9.17) is 10.5 Å². The lowest BCUT2D eigenvalue weighted by Crippen LogP contribution is -2.09. The third-order valence-corrected chi connectivity index (χ3v) is 3.04. The van der Waals surface area contributed by atoms with Gasteiger partial charge in [0.05, 0.1) is 23.6 Å². The molecule has 0 aliphatic carbocycles. The van der Waals surface area contributed by atoms with Gasteiger partial charge in [-0.15, -0.1) is 0 Å². The molecule has 2 rings (SSSR count). The van der Waals surface area contributed by atoms with Crippen molar-refractivity contribution >= 4 is 11.7 Å². The van der Waals surface area contributed by atoms with E-state index in [0.29, 0.717) is 30.0 Å². The molecule has 23 heavy (non-hydrogen) atoms. The Morgan fingerprint density at radius 3 is 2.52 bits per heavy atom. The number of allylic oxidation sites excluding steroid dienone is 1. The van der Waals surface area contributed by atoms with E-state index in [1.165, 1.54) is 0 Å². The molecule has 0 aromatic carbocycles. The third kappa shape index (κ3) is 5.07. The number of pyridine rings is 2. The highest BCUT2D eigenvalue weighted by atomic mass is 16.5. The van der Waals surface area contributed by atoms with E-state index in [-0.39, 0.29) is 0 Å². The minimum Gasteiger partial charge on any atom is -0.462 e. The number of carbonyl (C=O) groups is 1. The molecule has 0 fully saturated rings. The first-order chi connectivity index (χ1) is 11.2. The lowest BCUT2D eigenvalue weighted by molar-refractivity contribution is -0.138. The molecule has 5 heteroatoms. The minimum absolute atomic E-state index is 0.303. The summed E-state index contributed by atoms with van der Waals surface area (Å²) in [6.45, 7) is 2.07. The Labute approximate surface area is 135 Å². The van der Waals surface area contributed by atoms with Crippen LogP contribution < -0.4 is 5.73 Å². The van der Waals surface area contributed by atoms with Gasteiger partial charge in [0.1, 0.15) is 0 Å². The first-order valence-corrected chi connectivity index (χ1v) is 7.36. The van der Waals surface area contributed by atoms with Crippen LogP contribution in [0.25, 0.3) is 5.70 Å². The Kier molecular flexibility index (Phi) is 6.06. The van der Waals surface area contributed by atoms with Crippen molar-refractivity contribution in [3.8, 4) is 0 Å². The van der Waals surface area contributed by atoms with Gasteiger partial charge in [0, 0.05) is 24.5 Å². The van der Waals surface area contributed by atoms with Gasteiger partial charge in [0.2, 0.25) is 0 Å². The zero-order chi connectivity index (χ0) is 16.5. The second-order valence-electron chi connectivity index (χ2n) is 4.72. The number of rotatable bonds is 6. The smallest absolute Gasteiger partial charge is 0.337 e. The topological polar surface area (TPSA) is 78.1 Å². The van der Waals surface area contributed by atoms with Crippen molar-refractivity contribution in [2.45, 2.75) is 13.3 Å². The quantitative estimate of drug-likeness (QED) is 0.504. The van der Waals surface area contributed by atoms with Gasteiger partial charge in [-0.3, -0.25) is 9.97 Å². The molecule has 0 aliphatic heterocycles. The highest BCUT2D eigenvalue weighted by molar-refractivity contribution is 5.93. The van der Waals surface area contributed by atoms with Crippen molar-refractivity contribution < 1.29 is 9.53 Å². The molecule has 2 heterocycles. The third-order valence-electron chi connectivity index (χ3n) is 3.04. The average Bonchev–Trinajstić information content (AvgIpc) is 2.60. The van der Waals surface area contributed by atoms with E-state index in [1.807, 2.05) is 24.3 Å². The maximum atomic E-state index is 12.1. The zero-order valence-corrected chi connectivity index (χ0v) is 13.0. The van der Waals surface area contributed by atoms with Crippen LogP contribution in [0.4, 0.5) is 0 Å². The molecule has 0 unspecified atom stereocenters. The summed E-state index contributed by atoms with van der Waals surface area (Å²) >= 11 is 0. The van der Waals surface area contributed by atoms with E-state index in [9.17, 15) is 4.79 Å². The Balaban J connectivity index is 2.25. The second kappa shape index (κ2) is 8.48. The summed E-state index contributed by atoms with van der Waals surface area (Å²) < 4.78 is 5.08. The number of hydrogen-bond donors (Lipinski definition) is 1. The monoisotopic (exact) mass is 309 g/mol. The standard InChI is InChI=1S/C18H19N3O2/c1-2-23-18(22)14(9-10-15-7-3-5-11-20-15)13-16(19)17-8-4-6-12-21-17/h3-9,11-13H,2,10,19H2,1H3/b14-9+,16-13-. The van der Waals surface area contributed by atoms with E-state index in [1.54, 1.807) is 43.6 Å². The average molecular weight is 309 g/mol. The maximum Gasteiger partial charge on any atom is 0.337 e. The molecule has 0 amide bonds.